The largest absolute Gasteiger partial charge is 0.457 e. The van der Waals surface area contributed by atoms with Gasteiger partial charge in [0.25, 0.3) is 0 Å². The molecule has 0 aliphatic carbocycles. The summed E-state index contributed by atoms with van der Waals surface area (Å²) < 4.78 is 18.1. The van der Waals surface area contributed by atoms with Crippen LogP contribution >= 0.6 is 11.6 Å². The molecular formula is C26H19ClFNO5. The van der Waals surface area contributed by atoms with Crippen molar-refractivity contribution in [1.29, 1.82) is 0 Å². The Kier molecular flexibility index (Phi) is 6.84. The molecule has 0 bridgehead atoms. The highest BCUT2D eigenvalue weighted by atomic mass is 35.5. The predicted molar refractivity (Wildman–Crippen MR) is 123 cm³/mol. The van der Waals surface area contributed by atoms with Crippen molar-refractivity contribution < 1.29 is 28.3 Å². The van der Waals surface area contributed by atoms with E-state index in [1.807, 2.05) is 0 Å². The Bertz CT molecular complexity index is 1260. The van der Waals surface area contributed by atoms with Gasteiger partial charge < -0.3 is 9.64 Å². The lowest BCUT2D eigenvalue weighted by Gasteiger charge is -2.20. The molecule has 172 valence electrons. The molecular weight excluding hydrogens is 461 g/mol. The van der Waals surface area contributed by atoms with Crippen LogP contribution in [0, 0.1) is 11.7 Å². The minimum atomic E-state index is -0.802. The normalized spacial score (nSPS) is 15.3. The van der Waals surface area contributed by atoms with Crippen LogP contribution in [-0.4, -0.2) is 36.6 Å². The lowest BCUT2D eigenvalue weighted by Crippen LogP contribution is -2.28. The molecule has 0 spiro atoms. The van der Waals surface area contributed by atoms with Gasteiger partial charge in [0, 0.05) is 34.7 Å². The van der Waals surface area contributed by atoms with Gasteiger partial charge in [-0.1, -0.05) is 41.9 Å². The number of Topliss-reactive ketones (excluding diaryl/α,β-unsaturated/α-hetero) is 1. The molecule has 1 fully saturated rings. The van der Waals surface area contributed by atoms with Crippen LogP contribution in [0.1, 0.15) is 32.7 Å². The molecule has 1 saturated heterocycles. The molecule has 0 radical (unpaired) electrons. The zero-order valence-corrected chi connectivity index (χ0v) is 18.6. The van der Waals surface area contributed by atoms with E-state index in [0.29, 0.717) is 16.3 Å². The molecule has 8 heteroatoms. The van der Waals surface area contributed by atoms with Gasteiger partial charge in [-0.15, -0.1) is 0 Å². The summed E-state index contributed by atoms with van der Waals surface area (Å²) >= 11 is 6.12. The van der Waals surface area contributed by atoms with Gasteiger partial charge in [0.15, 0.2) is 18.2 Å². The van der Waals surface area contributed by atoms with Crippen LogP contribution in [0.3, 0.4) is 0 Å². The summed E-state index contributed by atoms with van der Waals surface area (Å²) in [4.78, 5) is 51.9. The third-order valence-corrected chi connectivity index (χ3v) is 5.74. The number of nitrogens with zero attached hydrogens (tertiary/aromatic N) is 1. The molecule has 1 amide bonds. The molecule has 1 atom stereocenters. The van der Waals surface area contributed by atoms with Crippen LogP contribution in [0.4, 0.5) is 10.1 Å². The lowest BCUT2D eigenvalue weighted by atomic mass is 10.0. The average Bonchev–Trinajstić information content (AvgIpc) is 3.24. The SMILES string of the molecule is O=C(COC(=O)[C@@H]1CC(=O)N(c2ccc(Cl)cc2C(=O)c2ccccc2)C1)c1ccc(F)cc1. The number of ether oxygens (including phenoxy) is 1. The fourth-order valence-corrected chi connectivity index (χ4v) is 3.91. The van der Waals surface area contributed by atoms with Crippen molar-refractivity contribution in [2.45, 2.75) is 6.42 Å². The standard InChI is InChI=1S/C26H19ClFNO5/c27-19-8-11-22(21(13-19)25(32)17-4-2-1-3-5-17)29-14-18(12-24(29)31)26(33)34-15-23(30)16-6-9-20(28)10-7-16/h1-11,13,18H,12,14-15H2/t18-/m1/s1. The maximum Gasteiger partial charge on any atom is 0.311 e. The van der Waals surface area contributed by atoms with E-state index in [0.717, 1.165) is 12.1 Å². The number of carbonyl (C=O) groups excluding carboxylic acids is 4. The van der Waals surface area contributed by atoms with E-state index < -0.39 is 30.1 Å². The second-order valence-corrected chi connectivity index (χ2v) is 8.24. The van der Waals surface area contributed by atoms with Crippen molar-refractivity contribution >= 4 is 40.7 Å². The van der Waals surface area contributed by atoms with Gasteiger partial charge in [0.05, 0.1) is 11.6 Å². The molecule has 1 aliphatic rings. The van der Waals surface area contributed by atoms with Gasteiger partial charge in [0.2, 0.25) is 5.91 Å². The number of halogens is 2. The Balaban J connectivity index is 1.47. The van der Waals surface area contributed by atoms with Crippen LogP contribution in [0.25, 0.3) is 0 Å². The lowest BCUT2D eigenvalue weighted by molar-refractivity contribution is -0.147. The average molecular weight is 480 g/mol. The predicted octanol–water partition coefficient (Wildman–Crippen LogP) is 4.49. The van der Waals surface area contributed by atoms with E-state index in [-0.39, 0.29) is 35.8 Å². The second kappa shape index (κ2) is 9.97. The molecule has 4 rings (SSSR count). The van der Waals surface area contributed by atoms with Crippen LogP contribution in [0.15, 0.2) is 72.8 Å². The van der Waals surface area contributed by atoms with Crippen molar-refractivity contribution in [1.82, 2.24) is 0 Å². The first-order valence-electron chi connectivity index (χ1n) is 10.5. The Morgan fingerprint density at radius 3 is 2.38 bits per heavy atom. The minimum absolute atomic E-state index is 0.000885. The van der Waals surface area contributed by atoms with Gasteiger partial charge in [0.1, 0.15) is 5.82 Å². The first-order valence-corrected chi connectivity index (χ1v) is 10.9. The topological polar surface area (TPSA) is 80.8 Å². The summed E-state index contributed by atoms with van der Waals surface area (Å²) in [6.45, 7) is -0.521. The quantitative estimate of drug-likeness (QED) is 0.368. The van der Waals surface area contributed by atoms with Crippen molar-refractivity contribution in [3.05, 3.63) is 100 Å². The third kappa shape index (κ3) is 5.05. The Labute approximate surface area is 199 Å². The van der Waals surface area contributed by atoms with Crippen molar-refractivity contribution in [2.24, 2.45) is 5.92 Å². The molecule has 0 saturated carbocycles. The summed E-state index contributed by atoms with van der Waals surface area (Å²) in [5, 5.41) is 0.338. The van der Waals surface area contributed by atoms with E-state index in [1.54, 1.807) is 42.5 Å². The number of hydrogen-bond donors (Lipinski definition) is 0. The number of carbonyl (C=O) groups is 4. The molecule has 0 aromatic heterocycles. The zero-order chi connectivity index (χ0) is 24.2. The van der Waals surface area contributed by atoms with Crippen molar-refractivity contribution in [3.63, 3.8) is 0 Å². The first kappa shape index (κ1) is 23.3. The Hall–Kier alpha value is -3.84. The smallest absolute Gasteiger partial charge is 0.311 e. The molecule has 1 aliphatic heterocycles. The highest BCUT2D eigenvalue weighted by Gasteiger charge is 2.38. The summed E-state index contributed by atoms with van der Waals surface area (Å²) in [5.41, 5.74) is 1.24. The second-order valence-electron chi connectivity index (χ2n) is 7.80. The molecule has 3 aromatic carbocycles. The van der Waals surface area contributed by atoms with Gasteiger partial charge in [-0.2, -0.15) is 0 Å². The number of esters is 1. The highest BCUT2D eigenvalue weighted by molar-refractivity contribution is 6.31. The highest BCUT2D eigenvalue weighted by Crippen LogP contribution is 2.32. The van der Waals surface area contributed by atoms with Gasteiger partial charge in [-0.25, -0.2) is 4.39 Å². The number of amides is 1. The van der Waals surface area contributed by atoms with Crippen molar-refractivity contribution in [3.8, 4) is 0 Å². The number of ketones is 2. The summed E-state index contributed by atoms with van der Waals surface area (Å²) in [6.07, 6.45) is -0.120. The molecule has 0 N–H and O–H groups in total. The van der Waals surface area contributed by atoms with E-state index in [9.17, 15) is 23.6 Å². The van der Waals surface area contributed by atoms with Gasteiger partial charge >= 0.3 is 5.97 Å². The molecule has 6 nitrogen and oxygen atoms in total. The summed E-state index contributed by atoms with van der Waals surface area (Å²) in [5.74, 6) is -3.12. The van der Waals surface area contributed by atoms with Crippen molar-refractivity contribution in [2.75, 3.05) is 18.1 Å². The molecule has 34 heavy (non-hydrogen) atoms. The van der Waals surface area contributed by atoms with E-state index >= 15 is 0 Å². The molecule has 1 heterocycles. The number of benzene rings is 3. The number of anilines is 1. The van der Waals surface area contributed by atoms with Gasteiger partial charge in [-0.05, 0) is 42.5 Å². The minimum Gasteiger partial charge on any atom is -0.457 e. The van der Waals surface area contributed by atoms with E-state index in [1.165, 1.54) is 23.1 Å². The molecule has 3 aromatic rings. The van der Waals surface area contributed by atoms with Crippen LogP contribution < -0.4 is 4.90 Å². The summed E-state index contributed by atoms with van der Waals surface area (Å²) in [6, 6.07) is 18.1. The number of rotatable bonds is 7. The summed E-state index contributed by atoms with van der Waals surface area (Å²) in [7, 11) is 0. The van der Waals surface area contributed by atoms with Gasteiger partial charge in [-0.3, -0.25) is 19.2 Å². The Morgan fingerprint density at radius 1 is 0.971 bits per heavy atom. The van der Waals surface area contributed by atoms with Crippen LogP contribution in [0.2, 0.25) is 5.02 Å². The van der Waals surface area contributed by atoms with Crippen LogP contribution in [0.5, 0.6) is 0 Å². The maximum atomic E-state index is 13.1. The molecule has 0 unspecified atom stereocenters. The maximum absolute atomic E-state index is 13.1. The van der Waals surface area contributed by atoms with E-state index in [2.05, 4.69) is 0 Å². The third-order valence-electron chi connectivity index (χ3n) is 5.50. The monoisotopic (exact) mass is 479 g/mol. The fourth-order valence-electron chi connectivity index (χ4n) is 3.74. The first-order chi connectivity index (χ1) is 16.3. The van der Waals surface area contributed by atoms with Crippen LogP contribution in [-0.2, 0) is 14.3 Å². The van der Waals surface area contributed by atoms with E-state index in [4.69, 9.17) is 16.3 Å². The zero-order valence-electron chi connectivity index (χ0n) is 17.9. The Morgan fingerprint density at radius 2 is 1.68 bits per heavy atom. The number of hydrogen-bond acceptors (Lipinski definition) is 5. The fraction of sp³-hybridized carbons (Fsp3) is 0.154.